The third-order valence-corrected chi connectivity index (χ3v) is 11.4. The number of nitrogen functional groups attached to an aromatic ring is 1. The molecule has 4 aromatic rings. The average Bonchev–Trinajstić information content (AvgIpc) is 3.50. The van der Waals surface area contributed by atoms with Crippen LogP contribution >= 0.6 is 0 Å². The van der Waals surface area contributed by atoms with Crippen molar-refractivity contribution < 1.29 is 19.1 Å². The van der Waals surface area contributed by atoms with E-state index >= 15 is 0 Å². The molecule has 10 heteroatoms. The standard InChI is InChI=1S/C40H58N6O4/c1-9-38(6,10-2)27-40(8,39(7,11-3)12-4)36(47)42-22-23-50-37(48)43-24-28-18-20-29(21-19-28)25-46-32(26-49-13-5)45-33-34(46)30-16-14-15-17-31(30)44-35(33)41/h14-21H,9-13,22-27H2,1-8H3,(H2,41,44)(H,42,47)(H,43,48). The first-order valence-electron chi connectivity index (χ1n) is 18.2. The van der Waals surface area contributed by atoms with Crippen LogP contribution in [0.4, 0.5) is 10.6 Å². The maximum atomic E-state index is 13.7. The summed E-state index contributed by atoms with van der Waals surface area (Å²) in [6.45, 7) is 19.5. The summed E-state index contributed by atoms with van der Waals surface area (Å²) in [4.78, 5) is 35.7. The molecule has 0 saturated heterocycles. The Labute approximate surface area is 297 Å². The first-order valence-corrected chi connectivity index (χ1v) is 18.2. The Balaban J connectivity index is 1.34. The van der Waals surface area contributed by atoms with Crippen LogP contribution in [0.5, 0.6) is 0 Å². The van der Waals surface area contributed by atoms with Crippen LogP contribution in [0.25, 0.3) is 21.9 Å². The van der Waals surface area contributed by atoms with Crippen LogP contribution in [0, 0.1) is 16.2 Å². The largest absolute Gasteiger partial charge is 0.448 e. The summed E-state index contributed by atoms with van der Waals surface area (Å²) in [5.41, 5.74) is 10.2. The van der Waals surface area contributed by atoms with Gasteiger partial charge in [-0.05, 0) is 54.2 Å². The highest BCUT2D eigenvalue weighted by Crippen LogP contribution is 2.52. The van der Waals surface area contributed by atoms with E-state index in [2.05, 4.69) is 68.7 Å². The highest BCUT2D eigenvalue weighted by atomic mass is 16.5. The van der Waals surface area contributed by atoms with Crippen molar-refractivity contribution in [3.8, 4) is 0 Å². The number of hydrogen-bond acceptors (Lipinski definition) is 7. The van der Waals surface area contributed by atoms with E-state index in [9.17, 15) is 9.59 Å². The van der Waals surface area contributed by atoms with E-state index in [4.69, 9.17) is 20.2 Å². The molecule has 0 bridgehead atoms. The van der Waals surface area contributed by atoms with Gasteiger partial charge < -0.3 is 30.4 Å². The lowest BCUT2D eigenvalue weighted by atomic mass is 9.55. The molecule has 10 nitrogen and oxygen atoms in total. The molecular weight excluding hydrogens is 628 g/mol. The molecule has 0 fully saturated rings. The van der Waals surface area contributed by atoms with Crippen LogP contribution < -0.4 is 16.4 Å². The van der Waals surface area contributed by atoms with E-state index in [-0.39, 0.29) is 29.9 Å². The number of ether oxygens (including phenoxy) is 2. The molecule has 2 aromatic heterocycles. The van der Waals surface area contributed by atoms with E-state index in [1.807, 2.05) is 55.5 Å². The fourth-order valence-electron chi connectivity index (χ4n) is 7.00. The Kier molecular flexibility index (Phi) is 12.9. The van der Waals surface area contributed by atoms with Crippen molar-refractivity contribution in [1.82, 2.24) is 25.2 Å². The third kappa shape index (κ3) is 8.40. The molecule has 0 spiro atoms. The average molecular weight is 687 g/mol. The van der Waals surface area contributed by atoms with Gasteiger partial charge in [0.2, 0.25) is 5.91 Å². The lowest BCUT2D eigenvalue weighted by molar-refractivity contribution is -0.142. The number of pyridine rings is 1. The molecule has 0 saturated carbocycles. The zero-order valence-corrected chi connectivity index (χ0v) is 31.4. The molecule has 2 amide bonds. The molecule has 2 aromatic carbocycles. The van der Waals surface area contributed by atoms with Crippen molar-refractivity contribution in [3.05, 3.63) is 65.5 Å². The summed E-state index contributed by atoms with van der Waals surface area (Å²) in [5.74, 6) is 1.21. The van der Waals surface area contributed by atoms with Crippen LogP contribution in [-0.4, -0.2) is 46.3 Å². The van der Waals surface area contributed by atoms with Gasteiger partial charge in [0.05, 0.1) is 23.0 Å². The molecule has 4 N–H and O–H groups in total. The van der Waals surface area contributed by atoms with Gasteiger partial charge >= 0.3 is 6.09 Å². The van der Waals surface area contributed by atoms with Gasteiger partial charge in [0.1, 0.15) is 24.6 Å². The zero-order chi connectivity index (χ0) is 36.5. The minimum Gasteiger partial charge on any atom is -0.448 e. The maximum Gasteiger partial charge on any atom is 0.407 e. The van der Waals surface area contributed by atoms with E-state index < -0.39 is 11.5 Å². The maximum absolute atomic E-state index is 13.7. The van der Waals surface area contributed by atoms with Crippen molar-refractivity contribution in [2.24, 2.45) is 16.2 Å². The Morgan fingerprint density at radius 2 is 1.52 bits per heavy atom. The fraction of sp³-hybridized carbons (Fsp3) is 0.550. The first kappa shape index (κ1) is 38.6. The second-order valence-electron chi connectivity index (χ2n) is 14.3. The molecule has 1 atom stereocenters. The summed E-state index contributed by atoms with van der Waals surface area (Å²) in [6.07, 6.45) is 4.15. The van der Waals surface area contributed by atoms with Gasteiger partial charge in [0.15, 0.2) is 5.82 Å². The SMILES string of the molecule is CCOCc1nc2c(N)nc3ccccc3c2n1Cc1ccc(CNC(=O)OCCNC(=O)C(C)(CC(C)(CC)CC)C(C)(CC)CC)cc1. The van der Waals surface area contributed by atoms with E-state index in [0.717, 1.165) is 65.5 Å². The van der Waals surface area contributed by atoms with Gasteiger partial charge in [-0.1, -0.05) is 104 Å². The quantitative estimate of drug-likeness (QED) is 0.0900. The van der Waals surface area contributed by atoms with Crippen molar-refractivity contribution >= 4 is 39.8 Å². The number of aromatic nitrogens is 3. The summed E-state index contributed by atoms with van der Waals surface area (Å²) in [7, 11) is 0. The van der Waals surface area contributed by atoms with Crippen molar-refractivity contribution in [1.29, 1.82) is 0 Å². The lowest BCUT2D eigenvalue weighted by Crippen LogP contribution is -2.52. The number of imidazole rings is 1. The first-order chi connectivity index (χ1) is 23.9. The van der Waals surface area contributed by atoms with E-state index in [1.165, 1.54) is 0 Å². The Morgan fingerprint density at radius 1 is 0.860 bits per heavy atom. The number of benzene rings is 2. The minimum atomic E-state index is -0.542. The van der Waals surface area contributed by atoms with Crippen molar-refractivity contribution in [2.75, 3.05) is 25.5 Å². The molecule has 272 valence electrons. The molecule has 0 aliphatic rings. The fourth-order valence-corrected chi connectivity index (χ4v) is 7.00. The van der Waals surface area contributed by atoms with E-state index in [1.54, 1.807) is 0 Å². The molecule has 0 aliphatic carbocycles. The van der Waals surface area contributed by atoms with Crippen LogP contribution in [0.2, 0.25) is 0 Å². The van der Waals surface area contributed by atoms with Crippen molar-refractivity contribution in [3.63, 3.8) is 0 Å². The highest BCUT2D eigenvalue weighted by Gasteiger charge is 2.50. The second kappa shape index (κ2) is 16.7. The van der Waals surface area contributed by atoms with Crippen LogP contribution in [0.1, 0.15) is 104 Å². The summed E-state index contributed by atoms with van der Waals surface area (Å²) in [5, 5.41) is 6.90. The van der Waals surface area contributed by atoms with Crippen LogP contribution in [0.3, 0.4) is 0 Å². The molecule has 0 aliphatic heterocycles. The number of carbonyl (C=O) groups excluding carboxylic acids is 2. The number of rotatable bonds is 18. The Morgan fingerprint density at radius 3 is 2.16 bits per heavy atom. The molecule has 2 heterocycles. The molecule has 4 rings (SSSR count). The normalized spacial score (nSPS) is 13.4. The lowest BCUT2D eigenvalue weighted by Gasteiger charge is -2.49. The Bertz CT molecular complexity index is 1740. The van der Waals surface area contributed by atoms with Crippen molar-refractivity contribution in [2.45, 2.75) is 107 Å². The number of hydrogen-bond donors (Lipinski definition) is 3. The highest BCUT2D eigenvalue weighted by molar-refractivity contribution is 6.06. The monoisotopic (exact) mass is 686 g/mol. The van der Waals surface area contributed by atoms with Crippen LogP contribution in [-0.2, 0) is 34.0 Å². The van der Waals surface area contributed by atoms with Gasteiger partial charge in [-0.3, -0.25) is 4.79 Å². The third-order valence-electron chi connectivity index (χ3n) is 11.4. The minimum absolute atomic E-state index is 0.0305. The summed E-state index contributed by atoms with van der Waals surface area (Å²) < 4.78 is 13.3. The molecular formula is C40H58N6O4. The zero-order valence-electron chi connectivity index (χ0n) is 31.4. The summed E-state index contributed by atoms with van der Waals surface area (Å²) >= 11 is 0. The number of fused-ring (bicyclic) bond motifs is 3. The molecule has 50 heavy (non-hydrogen) atoms. The molecule has 0 radical (unpaired) electrons. The Hall–Kier alpha value is -4.18. The second-order valence-corrected chi connectivity index (χ2v) is 14.3. The van der Waals surface area contributed by atoms with E-state index in [0.29, 0.717) is 37.6 Å². The van der Waals surface area contributed by atoms with Gasteiger partial charge in [-0.25, -0.2) is 14.8 Å². The number of para-hydroxylation sites is 1. The number of carbonyl (C=O) groups is 2. The predicted octanol–water partition coefficient (Wildman–Crippen LogP) is 8.14. The number of alkyl carbamates (subject to hydrolysis) is 1. The topological polar surface area (TPSA) is 133 Å². The number of nitrogens with one attached hydrogen (secondary N) is 2. The van der Waals surface area contributed by atoms with Gasteiger partial charge in [-0.2, -0.15) is 0 Å². The molecule has 1 unspecified atom stereocenters. The van der Waals surface area contributed by atoms with Gasteiger partial charge in [0, 0.05) is 25.1 Å². The van der Waals surface area contributed by atoms with Crippen LogP contribution in [0.15, 0.2) is 48.5 Å². The number of anilines is 1. The summed E-state index contributed by atoms with van der Waals surface area (Å²) in [6, 6.07) is 16.0. The number of nitrogens with two attached hydrogens (primary N) is 1. The predicted molar refractivity (Wildman–Crippen MR) is 202 cm³/mol. The number of amides is 2. The van der Waals surface area contributed by atoms with Gasteiger partial charge in [0.25, 0.3) is 0 Å². The van der Waals surface area contributed by atoms with Gasteiger partial charge in [-0.15, -0.1) is 0 Å². The number of nitrogens with zero attached hydrogens (tertiary/aromatic N) is 3. The smallest absolute Gasteiger partial charge is 0.407 e.